The molecule has 4 rings (SSSR count). The lowest BCUT2D eigenvalue weighted by atomic mass is 9.99. The van der Waals surface area contributed by atoms with Gasteiger partial charge in [-0.05, 0) is 12.1 Å². The van der Waals surface area contributed by atoms with Crippen LogP contribution in [-0.4, -0.2) is 39.7 Å². The highest BCUT2D eigenvalue weighted by atomic mass is 35.5. The summed E-state index contributed by atoms with van der Waals surface area (Å²) in [7, 11) is 0. The van der Waals surface area contributed by atoms with Crippen LogP contribution in [-0.2, 0) is 11.2 Å². The van der Waals surface area contributed by atoms with Gasteiger partial charge in [0.1, 0.15) is 17.9 Å². The maximum absolute atomic E-state index is 11.7. The predicted octanol–water partition coefficient (Wildman–Crippen LogP) is 2.64. The van der Waals surface area contributed by atoms with Gasteiger partial charge >= 0.3 is 5.16 Å². The van der Waals surface area contributed by atoms with E-state index in [0.717, 1.165) is 34.9 Å². The number of halogens is 1. The zero-order valence-electron chi connectivity index (χ0n) is 12.4. The Labute approximate surface area is 141 Å². The second-order valence-corrected chi connectivity index (χ2v) is 6.96. The van der Waals surface area contributed by atoms with Gasteiger partial charge in [-0.15, -0.1) is 0 Å². The molecule has 2 aliphatic rings. The molecule has 7 heteroatoms. The van der Waals surface area contributed by atoms with E-state index in [0.29, 0.717) is 16.7 Å². The minimum absolute atomic E-state index is 0.338. The third-order valence-electron chi connectivity index (χ3n) is 3.83. The average Bonchev–Trinajstić information content (AvgIpc) is 3.04. The molecule has 0 aliphatic carbocycles. The summed E-state index contributed by atoms with van der Waals surface area (Å²) in [5.74, 6) is 1.62. The number of amidine groups is 1. The molecule has 0 N–H and O–H groups in total. The Morgan fingerprint density at radius 3 is 2.91 bits per heavy atom. The van der Waals surface area contributed by atoms with E-state index in [1.165, 1.54) is 0 Å². The van der Waals surface area contributed by atoms with Crippen molar-refractivity contribution in [1.29, 1.82) is 0 Å². The first kappa shape index (κ1) is 14.7. The molecule has 1 aromatic carbocycles. The SMILES string of the molecule is C[S+]([O-])c1ncc2c(n1)N1CCN=C1C(c1ccccc1Cl)=C2. The van der Waals surface area contributed by atoms with E-state index in [4.69, 9.17) is 11.6 Å². The Bertz CT molecular complexity index is 850. The summed E-state index contributed by atoms with van der Waals surface area (Å²) in [5, 5.41) is 1.02. The Balaban J connectivity index is 1.90. The number of aliphatic imine (C=N–C) groups is 1. The first-order valence-electron chi connectivity index (χ1n) is 7.14. The number of benzene rings is 1. The van der Waals surface area contributed by atoms with E-state index < -0.39 is 11.2 Å². The Kier molecular flexibility index (Phi) is 3.60. The van der Waals surface area contributed by atoms with Crippen LogP contribution in [0.2, 0.25) is 5.02 Å². The predicted molar refractivity (Wildman–Crippen MR) is 93.3 cm³/mol. The zero-order valence-corrected chi connectivity index (χ0v) is 13.9. The minimum Gasteiger partial charge on any atom is -0.609 e. The first-order valence-corrected chi connectivity index (χ1v) is 9.08. The minimum atomic E-state index is -1.21. The van der Waals surface area contributed by atoms with Crippen molar-refractivity contribution in [3.63, 3.8) is 0 Å². The summed E-state index contributed by atoms with van der Waals surface area (Å²) in [5.41, 5.74) is 2.79. The van der Waals surface area contributed by atoms with Gasteiger partial charge in [0.15, 0.2) is 0 Å². The van der Waals surface area contributed by atoms with Gasteiger partial charge in [-0.1, -0.05) is 29.8 Å². The molecule has 2 aromatic rings. The van der Waals surface area contributed by atoms with Gasteiger partial charge in [0.2, 0.25) is 0 Å². The Morgan fingerprint density at radius 2 is 2.13 bits per heavy atom. The second-order valence-electron chi connectivity index (χ2n) is 5.28. The fourth-order valence-electron chi connectivity index (χ4n) is 2.80. The molecule has 0 spiro atoms. The smallest absolute Gasteiger partial charge is 0.344 e. The highest BCUT2D eigenvalue weighted by Crippen LogP contribution is 2.37. The van der Waals surface area contributed by atoms with Crippen LogP contribution in [0.15, 0.2) is 40.6 Å². The van der Waals surface area contributed by atoms with Crippen LogP contribution >= 0.6 is 11.6 Å². The van der Waals surface area contributed by atoms with Crippen molar-refractivity contribution in [2.45, 2.75) is 5.16 Å². The summed E-state index contributed by atoms with van der Waals surface area (Å²) in [4.78, 5) is 15.3. The number of aromatic nitrogens is 2. The molecule has 1 atom stereocenters. The van der Waals surface area contributed by atoms with Crippen molar-refractivity contribution in [2.24, 2.45) is 4.99 Å². The summed E-state index contributed by atoms with van der Waals surface area (Å²) >= 11 is 5.14. The summed E-state index contributed by atoms with van der Waals surface area (Å²) in [6.45, 7) is 1.45. The topological polar surface area (TPSA) is 64.4 Å². The monoisotopic (exact) mass is 344 g/mol. The number of hydrogen-bond donors (Lipinski definition) is 0. The molecule has 0 radical (unpaired) electrons. The van der Waals surface area contributed by atoms with Gasteiger partial charge in [0.25, 0.3) is 0 Å². The Morgan fingerprint density at radius 1 is 1.30 bits per heavy atom. The third-order valence-corrected chi connectivity index (χ3v) is 4.87. The number of rotatable bonds is 2. The van der Waals surface area contributed by atoms with Crippen molar-refractivity contribution in [3.8, 4) is 0 Å². The van der Waals surface area contributed by atoms with Crippen LogP contribution in [0, 0.1) is 0 Å². The van der Waals surface area contributed by atoms with E-state index in [-0.39, 0.29) is 0 Å². The van der Waals surface area contributed by atoms with Crippen LogP contribution in [0.4, 0.5) is 5.82 Å². The number of hydrogen-bond acceptors (Lipinski definition) is 5. The van der Waals surface area contributed by atoms with Crippen molar-refractivity contribution in [3.05, 3.63) is 46.6 Å². The summed E-state index contributed by atoms with van der Waals surface area (Å²) in [6.07, 6.45) is 5.29. The first-order chi connectivity index (χ1) is 11.1. The van der Waals surface area contributed by atoms with E-state index in [2.05, 4.69) is 15.0 Å². The number of nitrogens with zero attached hydrogens (tertiary/aromatic N) is 4. The van der Waals surface area contributed by atoms with Gasteiger partial charge in [-0.25, -0.2) is 0 Å². The number of fused-ring (bicyclic) bond motifs is 3. The molecule has 1 aromatic heterocycles. The fourth-order valence-corrected chi connectivity index (χ4v) is 3.46. The highest BCUT2D eigenvalue weighted by Gasteiger charge is 2.31. The number of anilines is 1. The lowest BCUT2D eigenvalue weighted by molar-refractivity contribution is 0.592. The normalized spacial score (nSPS) is 17.3. The van der Waals surface area contributed by atoms with Crippen LogP contribution in [0.3, 0.4) is 0 Å². The van der Waals surface area contributed by atoms with Crippen molar-refractivity contribution in [2.75, 3.05) is 24.2 Å². The van der Waals surface area contributed by atoms with Gasteiger partial charge in [-0.3, -0.25) is 4.99 Å². The molecule has 1 unspecified atom stereocenters. The van der Waals surface area contributed by atoms with Gasteiger partial charge in [0.05, 0.1) is 6.54 Å². The molecule has 23 heavy (non-hydrogen) atoms. The quantitative estimate of drug-likeness (QED) is 0.620. The van der Waals surface area contributed by atoms with E-state index in [1.54, 1.807) is 12.5 Å². The average molecular weight is 345 g/mol. The van der Waals surface area contributed by atoms with E-state index >= 15 is 0 Å². The maximum atomic E-state index is 11.7. The van der Waals surface area contributed by atoms with Crippen molar-refractivity contribution in [1.82, 2.24) is 9.97 Å². The Hall–Kier alpha value is -1.89. The summed E-state index contributed by atoms with van der Waals surface area (Å²) in [6, 6.07) is 7.71. The molecule has 2 aliphatic heterocycles. The van der Waals surface area contributed by atoms with E-state index in [1.807, 2.05) is 35.2 Å². The molecular weight excluding hydrogens is 332 g/mol. The van der Waals surface area contributed by atoms with Gasteiger partial charge in [0, 0.05) is 45.6 Å². The van der Waals surface area contributed by atoms with Crippen LogP contribution in [0.1, 0.15) is 11.1 Å². The summed E-state index contributed by atoms with van der Waals surface area (Å²) < 4.78 is 11.7. The maximum Gasteiger partial charge on any atom is 0.344 e. The van der Waals surface area contributed by atoms with Crippen LogP contribution in [0.25, 0.3) is 11.6 Å². The molecular formula is C16H13ClN4OS. The molecule has 3 heterocycles. The van der Waals surface area contributed by atoms with Crippen LogP contribution < -0.4 is 4.90 Å². The second kappa shape index (κ2) is 5.63. The fraction of sp³-hybridized carbons (Fsp3) is 0.188. The molecule has 0 saturated carbocycles. The van der Waals surface area contributed by atoms with Crippen molar-refractivity contribution < 1.29 is 4.55 Å². The largest absolute Gasteiger partial charge is 0.609 e. The van der Waals surface area contributed by atoms with Gasteiger partial charge in [-0.2, -0.15) is 9.97 Å². The molecule has 0 saturated heterocycles. The highest BCUT2D eigenvalue weighted by molar-refractivity contribution is 7.90. The molecule has 0 fully saturated rings. The standard InChI is InChI=1S/C16H13ClN4OS/c1-23(22)16-19-9-10-8-12(11-4-2-3-5-13(11)17)15-18-6-7-21(15)14(10)20-16/h2-5,8-9H,6-7H2,1H3. The van der Waals surface area contributed by atoms with E-state index in [9.17, 15) is 4.55 Å². The lowest BCUT2D eigenvalue weighted by Crippen LogP contribution is -2.32. The van der Waals surface area contributed by atoms with Gasteiger partial charge < -0.3 is 9.45 Å². The van der Waals surface area contributed by atoms with Crippen molar-refractivity contribution >= 4 is 46.1 Å². The lowest BCUT2D eigenvalue weighted by Gasteiger charge is -2.27. The molecule has 5 nitrogen and oxygen atoms in total. The molecule has 0 bridgehead atoms. The molecule has 0 amide bonds. The zero-order chi connectivity index (χ0) is 16.0. The molecule has 116 valence electrons. The third kappa shape index (κ3) is 2.43. The van der Waals surface area contributed by atoms with Crippen LogP contribution in [0.5, 0.6) is 0 Å².